The minimum atomic E-state index is 0.0189. The zero-order chi connectivity index (χ0) is 15.5. The minimum absolute atomic E-state index is 0.0189. The Labute approximate surface area is 127 Å². The molecule has 0 atom stereocenters. The predicted molar refractivity (Wildman–Crippen MR) is 83.2 cm³/mol. The third-order valence-corrected chi connectivity index (χ3v) is 3.33. The van der Waals surface area contributed by atoms with Gasteiger partial charge in [0.25, 0.3) is 0 Å². The topological polar surface area (TPSA) is 50.8 Å². The molecule has 0 spiro atoms. The third kappa shape index (κ3) is 7.22. The Balaban J connectivity index is 2.40. The fourth-order valence-corrected chi connectivity index (χ4v) is 1.97. The molecule has 5 nitrogen and oxygen atoms in total. The van der Waals surface area contributed by atoms with Crippen molar-refractivity contribution < 1.29 is 14.3 Å². The van der Waals surface area contributed by atoms with Gasteiger partial charge in [-0.25, -0.2) is 0 Å². The first kappa shape index (κ1) is 17.6. The largest absolute Gasteiger partial charge is 0.383 e. The number of nitrogens with one attached hydrogen (secondary N) is 1. The molecule has 5 heteroatoms. The number of hydrogen-bond acceptors (Lipinski definition) is 4. The number of hydrogen-bond donors (Lipinski definition) is 1. The lowest BCUT2D eigenvalue weighted by Gasteiger charge is -2.21. The third-order valence-electron chi connectivity index (χ3n) is 3.33. The van der Waals surface area contributed by atoms with Crippen molar-refractivity contribution in [3.8, 4) is 0 Å². The number of carbonyl (C=O) groups excluding carboxylic acids is 1. The molecule has 0 unspecified atom stereocenters. The maximum atomic E-state index is 12.0. The molecule has 1 N–H and O–H groups in total. The van der Waals surface area contributed by atoms with Gasteiger partial charge in [0.1, 0.15) is 0 Å². The summed E-state index contributed by atoms with van der Waals surface area (Å²) in [5.41, 5.74) is 2.33. The van der Waals surface area contributed by atoms with Crippen molar-refractivity contribution in [1.82, 2.24) is 10.2 Å². The van der Waals surface area contributed by atoms with Crippen LogP contribution in [0.5, 0.6) is 0 Å². The zero-order valence-corrected chi connectivity index (χ0v) is 13.2. The summed E-state index contributed by atoms with van der Waals surface area (Å²) in [6.07, 6.45) is 0. The van der Waals surface area contributed by atoms with Crippen LogP contribution >= 0.6 is 0 Å². The minimum Gasteiger partial charge on any atom is -0.383 e. The second-order valence-electron chi connectivity index (χ2n) is 4.96. The number of nitrogens with zero attached hydrogens (tertiary/aromatic N) is 1. The summed E-state index contributed by atoms with van der Waals surface area (Å²) >= 11 is 0. The van der Waals surface area contributed by atoms with E-state index >= 15 is 0 Å². The summed E-state index contributed by atoms with van der Waals surface area (Å²) in [7, 11) is 3.32. The summed E-state index contributed by atoms with van der Waals surface area (Å²) in [5.74, 6) is 0.0189. The number of methoxy groups -OCH3 is 2. The van der Waals surface area contributed by atoms with Crippen LogP contribution in [0.15, 0.2) is 24.3 Å². The van der Waals surface area contributed by atoms with E-state index in [0.29, 0.717) is 26.3 Å². The predicted octanol–water partition coefficient (Wildman–Crippen LogP) is 1.21. The van der Waals surface area contributed by atoms with E-state index in [-0.39, 0.29) is 5.91 Å². The van der Waals surface area contributed by atoms with Crippen LogP contribution in [0.25, 0.3) is 0 Å². The summed E-state index contributed by atoms with van der Waals surface area (Å²) in [4.78, 5) is 14.1. The molecular weight excluding hydrogens is 268 g/mol. The van der Waals surface area contributed by atoms with Crippen LogP contribution in [0.2, 0.25) is 0 Å². The van der Waals surface area contributed by atoms with Crippen LogP contribution < -0.4 is 5.32 Å². The smallest absolute Gasteiger partial charge is 0.234 e. The maximum Gasteiger partial charge on any atom is 0.234 e. The molecule has 118 valence electrons. The maximum absolute atomic E-state index is 12.0. The number of carbonyl (C=O) groups is 1. The van der Waals surface area contributed by atoms with Crippen molar-refractivity contribution in [1.29, 1.82) is 0 Å². The van der Waals surface area contributed by atoms with Crippen molar-refractivity contribution in [2.24, 2.45) is 0 Å². The standard InChI is InChI=1S/C16H26N2O3/c1-14-6-4-5-7-15(14)12-17-16(19)13-18(8-10-20-2)9-11-21-3/h4-7H,8-13H2,1-3H3,(H,17,19). The Morgan fingerprint density at radius 1 is 1.14 bits per heavy atom. The van der Waals surface area contributed by atoms with E-state index < -0.39 is 0 Å². The second kappa shape index (κ2) is 10.3. The Morgan fingerprint density at radius 2 is 1.76 bits per heavy atom. The fraction of sp³-hybridized carbons (Fsp3) is 0.562. The first-order valence-corrected chi connectivity index (χ1v) is 7.18. The molecular formula is C16H26N2O3. The molecule has 0 aromatic heterocycles. The highest BCUT2D eigenvalue weighted by Crippen LogP contribution is 2.05. The normalized spacial score (nSPS) is 10.9. The summed E-state index contributed by atoms with van der Waals surface area (Å²) in [6, 6.07) is 8.06. The van der Waals surface area contributed by atoms with Gasteiger partial charge in [0.05, 0.1) is 19.8 Å². The summed E-state index contributed by atoms with van der Waals surface area (Å²) in [5, 5.41) is 2.96. The number of amides is 1. The van der Waals surface area contributed by atoms with Crippen LogP contribution in [0.1, 0.15) is 11.1 Å². The molecule has 1 aromatic rings. The van der Waals surface area contributed by atoms with Crippen LogP contribution in [-0.4, -0.2) is 57.9 Å². The molecule has 0 fully saturated rings. The summed E-state index contributed by atoms with van der Waals surface area (Å²) in [6.45, 7) is 5.62. The van der Waals surface area contributed by atoms with Crippen LogP contribution in [0, 0.1) is 6.92 Å². The van der Waals surface area contributed by atoms with Crippen molar-refractivity contribution in [2.75, 3.05) is 47.1 Å². The van der Waals surface area contributed by atoms with E-state index in [0.717, 1.165) is 18.7 Å². The van der Waals surface area contributed by atoms with Gasteiger partial charge in [0, 0.05) is 33.9 Å². The van der Waals surface area contributed by atoms with E-state index in [4.69, 9.17) is 9.47 Å². The van der Waals surface area contributed by atoms with Crippen molar-refractivity contribution >= 4 is 5.91 Å². The van der Waals surface area contributed by atoms with Gasteiger partial charge in [-0.05, 0) is 18.1 Å². The number of rotatable bonds is 10. The lowest BCUT2D eigenvalue weighted by atomic mass is 10.1. The van der Waals surface area contributed by atoms with Gasteiger partial charge in [-0.1, -0.05) is 24.3 Å². The molecule has 0 aliphatic heterocycles. The quantitative estimate of drug-likeness (QED) is 0.704. The van der Waals surface area contributed by atoms with Crippen molar-refractivity contribution in [3.05, 3.63) is 35.4 Å². The van der Waals surface area contributed by atoms with Gasteiger partial charge < -0.3 is 14.8 Å². The fourth-order valence-electron chi connectivity index (χ4n) is 1.97. The molecule has 0 radical (unpaired) electrons. The van der Waals surface area contributed by atoms with Gasteiger partial charge in [-0.15, -0.1) is 0 Å². The zero-order valence-electron chi connectivity index (χ0n) is 13.2. The highest BCUT2D eigenvalue weighted by Gasteiger charge is 2.10. The lowest BCUT2D eigenvalue weighted by molar-refractivity contribution is -0.122. The number of aryl methyl sites for hydroxylation is 1. The average Bonchev–Trinajstić information content (AvgIpc) is 2.49. The molecule has 1 aromatic carbocycles. The van der Waals surface area contributed by atoms with Gasteiger partial charge in [0.15, 0.2) is 0 Å². The molecule has 0 aliphatic carbocycles. The van der Waals surface area contributed by atoms with E-state index in [2.05, 4.69) is 5.32 Å². The number of ether oxygens (including phenoxy) is 2. The Hall–Kier alpha value is -1.43. The SMILES string of the molecule is COCCN(CCOC)CC(=O)NCc1ccccc1C. The van der Waals surface area contributed by atoms with Gasteiger partial charge in [-0.2, -0.15) is 0 Å². The monoisotopic (exact) mass is 294 g/mol. The average molecular weight is 294 g/mol. The van der Waals surface area contributed by atoms with Gasteiger partial charge in [0.2, 0.25) is 5.91 Å². The molecule has 1 amide bonds. The number of benzene rings is 1. The molecule has 0 saturated heterocycles. The molecule has 0 bridgehead atoms. The van der Waals surface area contributed by atoms with Gasteiger partial charge in [-0.3, -0.25) is 9.69 Å². The van der Waals surface area contributed by atoms with Crippen LogP contribution in [0.3, 0.4) is 0 Å². The molecule has 0 saturated carbocycles. The Kier molecular flexibility index (Phi) is 8.66. The lowest BCUT2D eigenvalue weighted by Crippen LogP contribution is -2.40. The first-order valence-electron chi connectivity index (χ1n) is 7.18. The first-order chi connectivity index (χ1) is 10.2. The molecule has 0 heterocycles. The van der Waals surface area contributed by atoms with Gasteiger partial charge >= 0.3 is 0 Å². The van der Waals surface area contributed by atoms with Crippen molar-refractivity contribution in [2.45, 2.75) is 13.5 Å². The van der Waals surface area contributed by atoms with E-state index in [1.807, 2.05) is 36.1 Å². The highest BCUT2D eigenvalue weighted by molar-refractivity contribution is 5.78. The second-order valence-corrected chi connectivity index (χ2v) is 4.96. The molecule has 21 heavy (non-hydrogen) atoms. The Bertz CT molecular complexity index is 416. The van der Waals surface area contributed by atoms with E-state index in [1.54, 1.807) is 14.2 Å². The van der Waals surface area contributed by atoms with E-state index in [9.17, 15) is 4.79 Å². The summed E-state index contributed by atoms with van der Waals surface area (Å²) < 4.78 is 10.1. The van der Waals surface area contributed by atoms with Crippen molar-refractivity contribution in [3.63, 3.8) is 0 Å². The van der Waals surface area contributed by atoms with Crippen LogP contribution in [0.4, 0.5) is 0 Å². The molecule has 0 aliphatic rings. The highest BCUT2D eigenvalue weighted by atomic mass is 16.5. The molecule has 1 rings (SSSR count). The Morgan fingerprint density at radius 3 is 2.33 bits per heavy atom. The van der Waals surface area contributed by atoms with E-state index in [1.165, 1.54) is 5.56 Å². The van der Waals surface area contributed by atoms with Crippen LogP contribution in [-0.2, 0) is 20.8 Å².